The maximum Gasteiger partial charge on any atom is 0.278 e. The maximum atomic E-state index is 13.3. The molecule has 1 aromatic heterocycles. The minimum atomic E-state index is -0.330. The fourth-order valence-electron chi connectivity index (χ4n) is 3.46. The van der Waals surface area contributed by atoms with Crippen molar-refractivity contribution < 1.29 is 9.59 Å². The van der Waals surface area contributed by atoms with E-state index < -0.39 is 0 Å². The van der Waals surface area contributed by atoms with Crippen LogP contribution in [0, 0.1) is 0 Å². The molecule has 0 saturated heterocycles. The number of hydrogen-bond donors (Lipinski definition) is 1. The summed E-state index contributed by atoms with van der Waals surface area (Å²) in [5, 5.41) is 5.73. The molecule has 0 bridgehead atoms. The van der Waals surface area contributed by atoms with Gasteiger partial charge in [0.25, 0.3) is 11.8 Å². The number of imide groups is 1. The zero-order valence-corrected chi connectivity index (χ0v) is 19.2. The van der Waals surface area contributed by atoms with Crippen LogP contribution >= 0.6 is 22.9 Å². The Kier molecular flexibility index (Phi) is 5.73. The van der Waals surface area contributed by atoms with Crippen LogP contribution in [0.15, 0.2) is 71.7 Å². The molecular formula is C25H23ClN2O2S. The van der Waals surface area contributed by atoms with Crippen molar-refractivity contribution in [3.05, 3.63) is 92.8 Å². The lowest BCUT2D eigenvalue weighted by atomic mass is 9.87. The summed E-state index contributed by atoms with van der Waals surface area (Å²) in [5.74, 6) is -0.626. The van der Waals surface area contributed by atoms with E-state index in [0.717, 1.165) is 16.1 Å². The molecule has 3 aromatic rings. The van der Waals surface area contributed by atoms with E-state index in [2.05, 4.69) is 26.1 Å². The molecule has 1 aliphatic rings. The standard InChI is InChI=1S/C25H23ClN2O2S/c1-25(2,3)17-8-12-19(13-9-17)27-22-21(20-5-4-14-31-20)23(29)28(24(22)30)15-16-6-10-18(26)11-7-16/h4-14,27H,15H2,1-3H3. The van der Waals surface area contributed by atoms with Gasteiger partial charge in [0.2, 0.25) is 0 Å². The van der Waals surface area contributed by atoms with E-state index in [1.807, 2.05) is 53.9 Å². The lowest BCUT2D eigenvalue weighted by Crippen LogP contribution is -2.31. The number of halogens is 1. The quantitative estimate of drug-likeness (QED) is 0.478. The maximum absolute atomic E-state index is 13.3. The van der Waals surface area contributed by atoms with Gasteiger partial charge in [0, 0.05) is 15.6 Å². The van der Waals surface area contributed by atoms with Crippen LogP contribution in [0.1, 0.15) is 36.8 Å². The predicted octanol–water partition coefficient (Wildman–Crippen LogP) is 6.09. The minimum Gasteiger partial charge on any atom is -0.350 e. The zero-order chi connectivity index (χ0) is 22.2. The van der Waals surface area contributed by atoms with E-state index in [9.17, 15) is 9.59 Å². The van der Waals surface area contributed by atoms with Gasteiger partial charge in [-0.1, -0.05) is 62.7 Å². The molecule has 6 heteroatoms. The van der Waals surface area contributed by atoms with Gasteiger partial charge < -0.3 is 5.32 Å². The van der Waals surface area contributed by atoms with Crippen molar-refractivity contribution in [3.63, 3.8) is 0 Å². The highest BCUT2D eigenvalue weighted by Crippen LogP contribution is 2.34. The van der Waals surface area contributed by atoms with E-state index in [-0.39, 0.29) is 23.8 Å². The summed E-state index contributed by atoms with van der Waals surface area (Å²) in [6.07, 6.45) is 0. The van der Waals surface area contributed by atoms with Crippen LogP contribution in [0.3, 0.4) is 0 Å². The Balaban J connectivity index is 1.66. The lowest BCUT2D eigenvalue weighted by molar-refractivity contribution is -0.137. The van der Waals surface area contributed by atoms with Crippen LogP contribution in [-0.4, -0.2) is 16.7 Å². The molecule has 0 radical (unpaired) electrons. The predicted molar refractivity (Wildman–Crippen MR) is 127 cm³/mol. The van der Waals surface area contributed by atoms with Crippen LogP contribution in [0.5, 0.6) is 0 Å². The summed E-state index contributed by atoms with van der Waals surface area (Å²) in [5.41, 5.74) is 3.57. The monoisotopic (exact) mass is 450 g/mol. The molecule has 4 nitrogen and oxygen atoms in total. The number of nitrogens with one attached hydrogen (secondary N) is 1. The van der Waals surface area contributed by atoms with Crippen molar-refractivity contribution >= 4 is 46.0 Å². The Morgan fingerprint density at radius 1 is 0.935 bits per heavy atom. The first-order chi connectivity index (χ1) is 14.7. The zero-order valence-electron chi connectivity index (χ0n) is 17.6. The molecule has 4 rings (SSSR count). The highest BCUT2D eigenvalue weighted by molar-refractivity contribution is 7.11. The number of amides is 2. The Morgan fingerprint density at radius 2 is 1.61 bits per heavy atom. The second-order valence-electron chi connectivity index (χ2n) is 8.50. The molecule has 2 aromatic carbocycles. The summed E-state index contributed by atoms with van der Waals surface area (Å²) in [4.78, 5) is 28.6. The number of carbonyl (C=O) groups is 2. The van der Waals surface area contributed by atoms with E-state index >= 15 is 0 Å². The van der Waals surface area contributed by atoms with E-state index in [4.69, 9.17) is 11.6 Å². The first-order valence-corrected chi connectivity index (χ1v) is 11.3. The average Bonchev–Trinajstić information content (AvgIpc) is 3.33. The number of thiophene rings is 1. The largest absolute Gasteiger partial charge is 0.350 e. The number of carbonyl (C=O) groups excluding carboxylic acids is 2. The highest BCUT2D eigenvalue weighted by atomic mass is 35.5. The fourth-order valence-corrected chi connectivity index (χ4v) is 4.35. The molecule has 1 aliphatic heterocycles. The number of nitrogens with zero attached hydrogens (tertiary/aromatic N) is 1. The van der Waals surface area contributed by atoms with Crippen LogP contribution in [-0.2, 0) is 21.5 Å². The van der Waals surface area contributed by atoms with E-state index in [0.29, 0.717) is 16.3 Å². The molecule has 0 spiro atoms. The molecule has 31 heavy (non-hydrogen) atoms. The second-order valence-corrected chi connectivity index (χ2v) is 9.89. The summed E-state index contributed by atoms with van der Waals surface area (Å²) < 4.78 is 0. The van der Waals surface area contributed by atoms with Gasteiger partial charge in [-0.05, 0) is 52.3 Å². The summed E-state index contributed by atoms with van der Waals surface area (Å²) in [7, 11) is 0. The van der Waals surface area contributed by atoms with Gasteiger partial charge >= 0.3 is 0 Å². The number of anilines is 1. The lowest BCUT2D eigenvalue weighted by Gasteiger charge is -2.19. The third-order valence-corrected chi connectivity index (χ3v) is 6.35. The topological polar surface area (TPSA) is 49.4 Å². The molecule has 0 saturated carbocycles. The molecule has 1 N–H and O–H groups in total. The van der Waals surface area contributed by atoms with Crippen LogP contribution in [0.25, 0.3) is 5.57 Å². The van der Waals surface area contributed by atoms with Crippen molar-refractivity contribution in [3.8, 4) is 0 Å². The number of hydrogen-bond acceptors (Lipinski definition) is 4. The minimum absolute atomic E-state index is 0.0362. The van der Waals surface area contributed by atoms with Crippen LogP contribution in [0.2, 0.25) is 5.02 Å². The van der Waals surface area contributed by atoms with Gasteiger partial charge in [-0.15, -0.1) is 11.3 Å². The first kappa shape index (κ1) is 21.3. The summed E-state index contributed by atoms with van der Waals surface area (Å²) >= 11 is 7.41. The molecule has 158 valence electrons. The highest BCUT2D eigenvalue weighted by Gasteiger charge is 2.39. The van der Waals surface area contributed by atoms with Crippen molar-refractivity contribution in [1.82, 2.24) is 4.90 Å². The molecular weight excluding hydrogens is 428 g/mol. The van der Waals surface area contributed by atoms with Gasteiger partial charge in [-0.25, -0.2) is 0 Å². The molecule has 2 heterocycles. The van der Waals surface area contributed by atoms with Crippen molar-refractivity contribution in [2.24, 2.45) is 0 Å². The first-order valence-electron chi connectivity index (χ1n) is 10.0. The Bertz CT molecular complexity index is 1140. The van der Waals surface area contributed by atoms with Gasteiger partial charge in [0.1, 0.15) is 5.70 Å². The Hall–Kier alpha value is -2.89. The van der Waals surface area contributed by atoms with Crippen molar-refractivity contribution in [1.29, 1.82) is 0 Å². The van der Waals surface area contributed by atoms with E-state index in [1.54, 1.807) is 12.1 Å². The Labute approximate surface area is 191 Å². The van der Waals surface area contributed by atoms with E-state index in [1.165, 1.54) is 21.8 Å². The Morgan fingerprint density at radius 3 is 2.19 bits per heavy atom. The number of rotatable bonds is 5. The third kappa shape index (κ3) is 4.43. The van der Waals surface area contributed by atoms with Crippen LogP contribution in [0.4, 0.5) is 5.69 Å². The molecule has 0 unspecified atom stereocenters. The summed E-state index contributed by atoms with van der Waals surface area (Å²) in [6.45, 7) is 6.65. The molecule has 2 amide bonds. The SMILES string of the molecule is CC(C)(C)c1ccc(NC2=C(c3cccs3)C(=O)N(Cc3ccc(Cl)cc3)C2=O)cc1. The molecule has 0 atom stereocenters. The molecule has 0 aliphatic carbocycles. The van der Waals surface area contributed by atoms with Crippen LogP contribution < -0.4 is 5.32 Å². The van der Waals surface area contributed by atoms with Gasteiger partial charge in [-0.3, -0.25) is 14.5 Å². The molecule has 0 fully saturated rings. The van der Waals surface area contributed by atoms with Crippen molar-refractivity contribution in [2.75, 3.05) is 5.32 Å². The normalized spacial score (nSPS) is 14.5. The van der Waals surface area contributed by atoms with Gasteiger partial charge in [0.05, 0.1) is 12.1 Å². The fraction of sp³-hybridized carbons (Fsp3) is 0.200. The second kappa shape index (κ2) is 8.33. The number of benzene rings is 2. The smallest absolute Gasteiger partial charge is 0.278 e. The summed E-state index contributed by atoms with van der Waals surface area (Å²) in [6, 6.07) is 18.9. The average molecular weight is 451 g/mol. The van der Waals surface area contributed by atoms with Crippen molar-refractivity contribution in [2.45, 2.75) is 32.7 Å². The van der Waals surface area contributed by atoms with Gasteiger partial charge in [0.15, 0.2) is 0 Å². The van der Waals surface area contributed by atoms with Gasteiger partial charge in [-0.2, -0.15) is 0 Å². The third-order valence-electron chi connectivity index (χ3n) is 5.21.